The molecule has 0 saturated heterocycles. The molecule has 0 atom stereocenters. The number of amides is 2. The third kappa shape index (κ3) is 4.87. The van der Waals surface area contributed by atoms with Crippen LogP contribution in [0.1, 0.15) is 59.3 Å². The molecule has 2 aliphatic carbocycles. The van der Waals surface area contributed by atoms with Gasteiger partial charge in [-0.1, -0.05) is 0 Å². The lowest BCUT2D eigenvalue weighted by Crippen LogP contribution is -2.49. The second-order valence-corrected chi connectivity index (χ2v) is 7.39. The lowest BCUT2D eigenvalue weighted by atomic mass is 9.90. The predicted octanol–water partition coefficient (Wildman–Crippen LogP) is 1.77. The summed E-state index contributed by atoms with van der Waals surface area (Å²) in [5, 5.41) is 2.93. The molecule has 3 N–H and O–H groups in total. The van der Waals surface area contributed by atoms with E-state index in [0.717, 1.165) is 38.5 Å². The van der Waals surface area contributed by atoms with Crippen LogP contribution in [0.3, 0.4) is 0 Å². The van der Waals surface area contributed by atoms with Gasteiger partial charge in [-0.3, -0.25) is 4.79 Å². The lowest BCUT2D eigenvalue weighted by molar-refractivity contribution is -0.133. The fourth-order valence-electron chi connectivity index (χ4n) is 3.14. The van der Waals surface area contributed by atoms with Gasteiger partial charge < -0.3 is 20.7 Å². The molecule has 2 aliphatic rings. The van der Waals surface area contributed by atoms with Gasteiger partial charge in [0.15, 0.2) is 0 Å². The number of hydrogen-bond acceptors (Lipinski definition) is 4. The van der Waals surface area contributed by atoms with Crippen LogP contribution in [-0.4, -0.2) is 47.2 Å². The maximum Gasteiger partial charge on any atom is 0.407 e. The van der Waals surface area contributed by atoms with E-state index < -0.39 is 5.60 Å². The average Bonchev–Trinajstić information content (AvgIpc) is 3.23. The molecule has 0 radical (unpaired) electrons. The van der Waals surface area contributed by atoms with Crippen LogP contribution in [0.15, 0.2) is 0 Å². The number of hydrogen-bond donors (Lipinski definition) is 2. The summed E-state index contributed by atoms with van der Waals surface area (Å²) in [6, 6.07) is 0.816. The summed E-state index contributed by atoms with van der Waals surface area (Å²) >= 11 is 0. The van der Waals surface area contributed by atoms with Crippen LogP contribution < -0.4 is 11.1 Å². The molecule has 0 aromatic carbocycles. The van der Waals surface area contributed by atoms with Crippen LogP contribution in [0.5, 0.6) is 0 Å². The van der Waals surface area contributed by atoms with Gasteiger partial charge in [-0.25, -0.2) is 4.79 Å². The summed E-state index contributed by atoms with van der Waals surface area (Å²) in [6.07, 6.45) is 5.44. The zero-order valence-corrected chi connectivity index (χ0v) is 13.9. The number of carbonyl (C=O) groups excluding carboxylic acids is 2. The van der Waals surface area contributed by atoms with Crippen molar-refractivity contribution in [2.75, 3.05) is 6.54 Å². The first kappa shape index (κ1) is 17.1. The summed E-state index contributed by atoms with van der Waals surface area (Å²) in [5.41, 5.74) is 5.06. The molecule has 0 aromatic rings. The van der Waals surface area contributed by atoms with Crippen LogP contribution in [0.2, 0.25) is 0 Å². The Kier molecular flexibility index (Phi) is 5.32. The van der Waals surface area contributed by atoms with Crippen LogP contribution in [0.4, 0.5) is 4.79 Å². The first-order valence-corrected chi connectivity index (χ1v) is 8.31. The van der Waals surface area contributed by atoms with Crippen molar-refractivity contribution in [2.24, 2.45) is 5.73 Å². The standard InChI is InChI=1S/C16H29N3O3/c1-16(2,3)22-15(21)18-11-4-6-12(7-5-11)19(13-8-9-13)14(20)10-17/h11-13H,4-10,17H2,1-3H3,(H,18,21). The van der Waals surface area contributed by atoms with E-state index in [2.05, 4.69) is 5.32 Å². The number of ether oxygens (including phenoxy) is 1. The normalized spacial score (nSPS) is 25.5. The van der Waals surface area contributed by atoms with Crippen molar-refractivity contribution in [3.05, 3.63) is 0 Å². The second-order valence-electron chi connectivity index (χ2n) is 7.39. The van der Waals surface area contributed by atoms with Crippen molar-refractivity contribution in [3.8, 4) is 0 Å². The molecule has 0 aliphatic heterocycles. The van der Waals surface area contributed by atoms with Crippen LogP contribution in [0, 0.1) is 0 Å². The quantitative estimate of drug-likeness (QED) is 0.828. The van der Waals surface area contributed by atoms with Crippen molar-refractivity contribution >= 4 is 12.0 Å². The summed E-state index contributed by atoms with van der Waals surface area (Å²) in [7, 11) is 0. The summed E-state index contributed by atoms with van der Waals surface area (Å²) in [5.74, 6) is 0.0612. The molecule has 2 saturated carbocycles. The van der Waals surface area contributed by atoms with Crippen molar-refractivity contribution in [3.63, 3.8) is 0 Å². The van der Waals surface area contributed by atoms with Crippen molar-refractivity contribution in [1.82, 2.24) is 10.2 Å². The highest BCUT2D eigenvalue weighted by molar-refractivity contribution is 5.79. The molecule has 2 fully saturated rings. The first-order chi connectivity index (χ1) is 10.3. The van der Waals surface area contributed by atoms with E-state index in [1.807, 2.05) is 25.7 Å². The van der Waals surface area contributed by atoms with E-state index in [4.69, 9.17) is 10.5 Å². The summed E-state index contributed by atoms with van der Waals surface area (Å²) in [4.78, 5) is 25.8. The zero-order valence-electron chi connectivity index (χ0n) is 13.9. The fraction of sp³-hybridized carbons (Fsp3) is 0.875. The molecule has 6 heteroatoms. The Morgan fingerprint density at radius 1 is 1.09 bits per heavy atom. The SMILES string of the molecule is CC(C)(C)OC(=O)NC1CCC(N(C(=O)CN)C2CC2)CC1. The maximum atomic E-state index is 12.0. The largest absolute Gasteiger partial charge is 0.444 e. The highest BCUT2D eigenvalue weighted by Gasteiger charge is 2.38. The van der Waals surface area contributed by atoms with E-state index in [1.165, 1.54) is 0 Å². The minimum Gasteiger partial charge on any atom is -0.444 e. The van der Waals surface area contributed by atoms with Gasteiger partial charge >= 0.3 is 6.09 Å². The average molecular weight is 311 g/mol. The molecular weight excluding hydrogens is 282 g/mol. The van der Waals surface area contributed by atoms with E-state index in [0.29, 0.717) is 6.04 Å². The zero-order chi connectivity index (χ0) is 16.3. The van der Waals surface area contributed by atoms with Gasteiger partial charge in [0.05, 0.1) is 6.54 Å². The molecule has 0 bridgehead atoms. The van der Waals surface area contributed by atoms with Crippen molar-refractivity contribution < 1.29 is 14.3 Å². The number of nitrogens with zero attached hydrogens (tertiary/aromatic N) is 1. The molecule has 2 rings (SSSR count). The third-order valence-corrected chi connectivity index (χ3v) is 4.21. The molecule has 0 unspecified atom stereocenters. The van der Waals surface area contributed by atoms with Gasteiger partial charge in [0.25, 0.3) is 0 Å². The maximum absolute atomic E-state index is 12.0. The Balaban J connectivity index is 1.80. The van der Waals surface area contributed by atoms with Crippen molar-refractivity contribution in [2.45, 2.75) is 83.0 Å². The highest BCUT2D eigenvalue weighted by atomic mass is 16.6. The lowest BCUT2D eigenvalue weighted by Gasteiger charge is -2.37. The molecule has 6 nitrogen and oxygen atoms in total. The minimum atomic E-state index is -0.475. The van der Waals surface area contributed by atoms with Gasteiger partial charge in [-0.2, -0.15) is 0 Å². The van der Waals surface area contributed by atoms with E-state index in [1.54, 1.807) is 0 Å². The smallest absolute Gasteiger partial charge is 0.407 e. The van der Waals surface area contributed by atoms with Gasteiger partial charge in [0.1, 0.15) is 5.60 Å². The van der Waals surface area contributed by atoms with Gasteiger partial charge in [0, 0.05) is 18.1 Å². The first-order valence-electron chi connectivity index (χ1n) is 8.31. The molecule has 0 heterocycles. The van der Waals surface area contributed by atoms with Crippen LogP contribution >= 0.6 is 0 Å². The molecule has 0 spiro atoms. The van der Waals surface area contributed by atoms with Gasteiger partial charge in [0.2, 0.25) is 5.91 Å². The molecule has 0 aromatic heterocycles. The van der Waals surface area contributed by atoms with Crippen molar-refractivity contribution in [1.29, 1.82) is 0 Å². The molecular formula is C16H29N3O3. The van der Waals surface area contributed by atoms with Gasteiger partial charge in [-0.15, -0.1) is 0 Å². The number of carbonyl (C=O) groups is 2. The monoisotopic (exact) mass is 311 g/mol. The summed E-state index contributed by atoms with van der Waals surface area (Å²) in [6.45, 7) is 5.66. The minimum absolute atomic E-state index is 0.0612. The number of rotatable bonds is 4. The van der Waals surface area contributed by atoms with Crippen LogP contribution in [-0.2, 0) is 9.53 Å². The Morgan fingerprint density at radius 2 is 1.59 bits per heavy atom. The second kappa shape index (κ2) is 6.86. The Bertz CT molecular complexity index is 407. The Morgan fingerprint density at radius 3 is 2.00 bits per heavy atom. The van der Waals surface area contributed by atoms with E-state index in [9.17, 15) is 9.59 Å². The highest BCUT2D eigenvalue weighted by Crippen LogP contribution is 2.33. The molecule has 2 amide bonds. The Hall–Kier alpha value is -1.30. The number of nitrogens with one attached hydrogen (secondary N) is 1. The Labute approximate surface area is 132 Å². The molecule has 22 heavy (non-hydrogen) atoms. The van der Waals surface area contributed by atoms with Gasteiger partial charge in [-0.05, 0) is 59.3 Å². The topological polar surface area (TPSA) is 84.7 Å². The third-order valence-electron chi connectivity index (χ3n) is 4.21. The number of alkyl carbamates (subject to hydrolysis) is 1. The molecule has 126 valence electrons. The van der Waals surface area contributed by atoms with E-state index >= 15 is 0 Å². The van der Waals surface area contributed by atoms with Crippen LogP contribution in [0.25, 0.3) is 0 Å². The number of nitrogens with two attached hydrogens (primary N) is 1. The fourth-order valence-corrected chi connectivity index (χ4v) is 3.14. The van der Waals surface area contributed by atoms with E-state index in [-0.39, 0.29) is 30.6 Å². The summed E-state index contributed by atoms with van der Waals surface area (Å²) < 4.78 is 5.29. The predicted molar refractivity (Wildman–Crippen MR) is 84.3 cm³/mol.